The molecule has 0 atom stereocenters. The Labute approximate surface area is 170 Å². The van der Waals surface area contributed by atoms with E-state index in [1.807, 2.05) is 12.1 Å². The Kier molecular flexibility index (Phi) is 6.24. The van der Waals surface area contributed by atoms with Crippen molar-refractivity contribution in [3.05, 3.63) is 34.5 Å². The number of amides is 1. The van der Waals surface area contributed by atoms with Crippen LogP contribution >= 0.6 is 23.4 Å². The minimum absolute atomic E-state index is 0.162. The van der Waals surface area contributed by atoms with Gasteiger partial charge in [0.25, 0.3) is 0 Å². The first-order chi connectivity index (χ1) is 13.2. The van der Waals surface area contributed by atoms with Crippen molar-refractivity contribution in [2.45, 2.75) is 75.1 Å². The second kappa shape index (κ2) is 8.83. The van der Waals surface area contributed by atoms with Crippen molar-refractivity contribution in [3.63, 3.8) is 0 Å². The van der Waals surface area contributed by atoms with Crippen LogP contribution in [0.3, 0.4) is 0 Å². The standard InChI is InChI=1S/C22H27ClN2OS/c23-15-11-12-18-20(13-15)25-19-10-6-5-9-17(19)22(18)27-14-21(26)24-16-7-3-1-2-4-8-16/h11-13,16H,1-10,14H2,(H,24,26). The fraction of sp³-hybridized carbons (Fsp3) is 0.545. The Balaban J connectivity index is 1.53. The molecule has 1 heterocycles. The van der Waals surface area contributed by atoms with E-state index in [2.05, 4.69) is 11.4 Å². The van der Waals surface area contributed by atoms with Crippen LogP contribution in [0, 0.1) is 0 Å². The molecule has 2 aromatic rings. The molecule has 1 saturated carbocycles. The van der Waals surface area contributed by atoms with Crippen molar-refractivity contribution in [2.75, 3.05) is 5.75 Å². The first-order valence-electron chi connectivity index (χ1n) is 10.2. The molecule has 4 rings (SSSR count). The molecule has 1 fully saturated rings. The number of rotatable bonds is 4. The third-order valence-electron chi connectivity index (χ3n) is 5.74. The number of halogens is 1. The summed E-state index contributed by atoms with van der Waals surface area (Å²) >= 11 is 7.87. The van der Waals surface area contributed by atoms with Crippen LogP contribution in [0.2, 0.25) is 5.02 Å². The van der Waals surface area contributed by atoms with Crippen molar-refractivity contribution >= 4 is 40.2 Å². The van der Waals surface area contributed by atoms with Crippen LogP contribution in [0.1, 0.15) is 62.6 Å². The molecule has 1 aromatic carbocycles. The molecule has 0 spiro atoms. The lowest BCUT2D eigenvalue weighted by Gasteiger charge is -2.21. The molecular weight excluding hydrogens is 376 g/mol. The minimum Gasteiger partial charge on any atom is -0.353 e. The van der Waals surface area contributed by atoms with E-state index in [0.717, 1.165) is 36.6 Å². The molecule has 0 radical (unpaired) electrons. The topological polar surface area (TPSA) is 42.0 Å². The number of nitrogens with one attached hydrogen (secondary N) is 1. The van der Waals surface area contributed by atoms with Crippen molar-refractivity contribution in [1.82, 2.24) is 10.3 Å². The highest BCUT2D eigenvalue weighted by Gasteiger charge is 2.20. The lowest BCUT2D eigenvalue weighted by atomic mass is 9.94. The fourth-order valence-electron chi connectivity index (χ4n) is 4.35. The maximum atomic E-state index is 12.6. The van der Waals surface area contributed by atoms with E-state index in [1.165, 1.54) is 54.7 Å². The normalized spacial score (nSPS) is 18.1. The predicted octanol–water partition coefficient (Wildman–Crippen LogP) is 5.70. The molecule has 27 heavy (non-hydrogen) atoms. The van der Waals surface area contributed by atoms with Crippen LogP contribution in [-0.2, 0) is 17.6 Å². The van der Waals surface area contributed by atoms with Crippen LogP contribution in [0.5, 0.6) is 0 Å². The van der Waals surface area contributed by atoms with E-state index in [9.17, 15) is 4.79 Å². The zero-order chi connectivity index (χ0) is 18.6. The molecular formula is C22H27ClN2OS. The summed E-state index contributed by atoms with van der Waals surface area (Å²) in [4.78, 5) is 18.7. The number of aromatic nitrogens is 1. The van der Waals surface area contributed by atoms with Crippen molar-refractivity contribution in [2.24, 2.45) is 0 Å². The number of pyridine rings is 1. The summed E-state index contributed by atoms with van der Waals surface area (Å²) in [5.41, 5.74) is 3.50. The average Bonchev–Trinajstić information content (AvgIpc) is 2.93. The molecule has 0 saturated heterocycles. The van der Waals surface area contributed by atoms with E-state index >= 15 is 0 Å². The second-order valence-electron chi connectivity index (χ2n) is 7.78. The molecule has 0 unspecified atom stereocenters. The molecule has 3 nitrogen and oxygen atoms in total. The monoisotopic (exact) mass is 402 g/mol. The minimum atomic E-state index is 0.162. The summed E-state index contributed by atoms with van der Waals surface area (Å²) in [6.45, 7) is 0. The highest BCUT2D eigenvalue weighted by Crippen LogP contribution is 2.36. The zero-order valence-corrected chi connectivity index (χ0v) is 17.3. The van der Waals surface area contributed by atoms with Gasteiger partial charge < -0.3 is 5.32 Å². The van der Waals surface area contributed by atoms with E-state index in [0.29, 0.717) is 16.8 Å². The van der Waals surface area contributed by atoms with E-state index < -0.39 is 0 Å². The molecule has 1 N–H and O–H groups in total. The largest absolute Gasteiger partial charge is 0.353 e. The highest BCUT2D eigenvalue weighted by molar-refractivity contribution is 8.00. The van der Waals surface area contributed by atoms with Crippen molar-refractivity contribution in [3.8, 4) is 0 Å². The van der Waals surface area contributed by atoms with Gasteiger partial charge in [-0.3, -0.25) is 9.78 Å². The number of benzene rings is 1. The number of carbonyl (C=O) groups is 1. The average molecular weight is 403 g/mol. The van der Waals surface area contributed by atoms with Crippen LogP contribution in [-0.4, -0.2) is 22.7 Å². The summed E-state index contributed by atoms with van der Waals surface area (Å²) in [5.74, 6) is 0.639. The summed E-state index contributed by atoms with van der Waals surface area (Å²) < 4.78 is 0. The summed E-state index contributed by atoms with van der Waals surface area (Å²) in [6, 6.07) is 6.30. The second-order valence-corrected chi connectivity index (χ2v) is 9.20. The van der Waals surface area contributed by atoms with Gasteiger partial charge in [-0.2, -0.15) is 0 Å². The predicted molar refractivity (Wildman–Crippen MR) is 114 cm³/mol. The van der Waals surface area contributed by atoms with E-state index in [4.69, 9.17) is 16.6 Å². The lowest BCUT2D eigenvalue weighted by Crippen LogP contribution is -2.35. The Morgan fingerprint density at radius 3 is 2.70 bits per heavy atom. The first kappa shape index (κ1) is 19.1. The van der Waals surface area contributed by atoms with Gasteiger partial charge in [-0.05, 0) is 56.2 Å². The van der Waals surface area contributed by atoms with E-state index in [-0.39, 0.29) is 5.91 Å². The zero-order valence-electron chi connectivity index (χ0n) is 15.7. The quantitative estimate of drug-likeness (QED) is 0.527. The van der Waals surface area contributed by atoms with Crippen LogP contribution < -0.4 is 5.32 Å². The van der Waals surface area contributed by atoms with Crippen LogP contribution in [0.25, 0.3) is 10.9 Å². The summed E-state index contributed by atoms with van der Waals surface area (Å²) in [5, 5.41) is 5.12. The number of hydrogen-bond acceptors (Lipinski definition) is 3. The Morgan fingerprint density at radius 1 is 1.11 bits per heavy atom. The maximum Gasteiger partial charge on any atom is 0.230 e. The molecule has 0 aliphatic heterocycles. The Bertz CT molecular complexity index is 831. The molecule has 2 aliphatic rings. The molecule has 2 aliphatic carbocycles. The third kappa shape index (κ3) is 4.60. The summed E-state index contributed by atoms with van der Waals surface area (Å²) in [7, 11) is 0. The molecule has 1 amide bonds. The number of nitrogens with zero attached hydrogens (tertiary/aromatic N) is 1. The SMILES string of the molecule is O=C(CSc1c2c(nc3cc(Cl)ccc13)CCCC2)NC1CCCCCC1. The number of carbonyl (C=O) groups excluding carboxylic acids is 1. The molecule has 0 bridgehead atoms. The number of hydrogen-bond donors (Lipinski definition) is 1. The van der Waals surface area contributed by atoms with Gasteiger partial charge in [0.2, 0.25) is 5.91 Å². The van der Waals surface area contributed by atoms with Gasteiger partial charge in [-0.25, -0.2) is 0 Å². The van der Waals surface area contributed by atoms with Gasteiger partial charge >= 0.3 is 0 Å². The van der Waals surface area contributed by atoms with Crippen LogP contribution in [0.15, 0.2) is 23.1 Å². The number of fused-ring (bicyclic) bond motifs is 2. The maximum absolute atomic E-state index is 12.6. The fourth-order valence-corrected chi connectivity index (χ4v) is 5.60. The number of aryl methyl sites for hydroxylation is 1. The Hall–Kier alpha value is -1.26. The van der Waals surface area contributed by atoms with E-state index in [1.54, 1.807) is 11.8 Å². The highest BCUT2D eigenvalue weighted by atomic mass is 35.5. The summed E-state index contributed by atoms with van der Waals surface area (Å²) in [6.07, 6.45) is 11.8. The Morgan fingerprint density at radius 2 is 1.89 bits per heavy atom. The van der Waals surface area contributed by atoms with Gasteiger partial charge in [0.15, 0.2) is 0 Å². The van der Waals surface area contributed by atoms with Crippen LogP contribution in [0.4, 0.5) is 0 Å². The molecule has 5 heteroatoms. The van der Waals surface area contributed by atoms with Gasteiger partial charge in [-0.15, -0.1) is 11.8 Å². The molecule has 1 aromatic heterocycles. The first-order valence-corrected chi connectivity index (χ1v) is 11.6. The van der Waals surface area contributed by atoms with Gasteiger partial charge in [0, 0.05) is 27.0 Å². The van der Waals surface area contributed by atoms with Gasteiger partial charge in [0.1, 0.15) is 0 Å². The van der Waals surface area contributed by atoms with Gasteiger partial charge in [-0.1, -0.05) is 43.4 Å². The van der Waals surface area contributed by atoms with Crippen molar-refractivity contribution < 1.29 is 4.79 Å². The van der Waals surface area contributed by atoms with Gasteiger partial charge in [0.05, 0.1) is 11.3 Å². The molecule has 144 valence electrons. The van der Waals surface area contributed by atoms with Crippen molar-refractivity contribution in [1.29, 1.82) is 0 Å². The third-order valence-corrected chi connectivity index (χ3v) is 7.14. The number of thioether (sulfide) groups is 1. The lowest BCUT2D eigenvalue weighted by molar-refractivity contribution is -0.119. The smallest absolute Gasteiger partial charge is 0.230 e.